The Hall–Kier alpha value is 0.0900. The van der Waals surface area contributed by atoms with Crippen molar-refractivity contribution in [2.75, 3.05) is 0 Å². The third-order valence-electron chi connectivity index (χ3n) is 1.27. The minimum absolute atomic E-state index is 0.593. The van der Waals surface area contributed by atoms with Crippen LogP contribution in [0.5, 0.6) is 0 Å². The van der Waals surface area contributed by atoms with E-state index in [-0.39, 0.29) is 0 Å². The van der Waals surface area contributed by atoms with Crippen LogP contribution in [-0.4, -0.2) is 5.37 Å². The maximum Gasteiger partial charge on any atom is -0.0134 e. The Morgan fingerprint density at radius 1 is 1.29 bits per heavy atom. The predicted octanol–water partition coefficient (Wildman–Crippen LogP) is 2.28. The molecular weight excluding hydrogens is 104 g/mol. The molecule has 1 heteroatoms. The molecule has 7 heavy (non-hydrogen) atoms. The number of rotatable bonds is 2. The Morgan fingerprint density at radius 3 is 1.71 bits per heavy atom. The van der Waals surface area contributed by atoms with Gasteiger partial charge in [-0.1, -0.05) is 33.0 Å². The quantitative estimate of drug-likeness (QED) is 0.499. The number of hydrogen-bond acceptors (Lipinski definition) is 1. The highest BCUT2D eigenvalue weighted by Gasteiger charge is 1.99. The van der Waals surface area contributed by atoms with E-state index in [4.69, 9.17) is 12.2 Å². The van der Waals surface area contributed by atoms with E-state index in [1.54, 1.807) is 0 Å². The van der Waals surface area contributed by atoms with Crippen molar-refractivity contribution in [3.63, 3.8) is 0 Å². The van der Waals surface area contributed by atoms with Gasteiger partial charge in [0.2, 0.25) is 0 Å². The van der Waals surface area contributed by atoms with E-state index >= 15 is 0 Å². The molecule has 1 unspecified atom stereocenters. The monoisotopic (exact) mass is 116 g/mol. The molecule has 0 aliphatic heterocycles. The first-order chi connectivity index (χ1) is 3.18. The van der Waals surface area contributed by atoms with E-state index in [2.05, 4.69) is 20.8 Å². The topological polar surface area (TPSA) is 0 Å². The van der Waals surface area contributed by atoms with Gasteiger partial charge in [0.25, 0.3) is 0 Å². The second-order valence-electron chi connectivity index (χ2n) is 2.24. The van der Waals surface area contributed by atoms with Crippen LogP contribution in [0.15, 0.2) is 0 Å². The minimum Gasteiger partial charge on any atom is -0.0932 e. The van der Waals surface area contributed by atoms with Gasteiger partial charge >= 0.3 is 0 Å². The highest BCUT2D eigenvalue weighted by atomic mass is 32.1. The lowest BCUT2D eigenvalue weighted by atomic mass is 10.0. The van der Waals surface area contributed by atoms with Gasteiger partial charge in [-0.15, -0.1) is 0 Å². The summed E-state index contributed by atoms with van der Waals surface area (Å²) in [5.41, 5.74) is 0. The van der Waals surface area contributed by atoms with Crippen molar-refractivity contribution in [1.82, 2.24) is 0 Å². The minimum atomic E-state index is 0.593. The zero-order valence-corrected chi connectivity index (χ0v) is 5.96. The molecule has 0 heterocycles. The summed E-state index contributed by atoms with van der Waals surface area (Å²) < 4.78 is 0. The average Bonchev–Trinajstić information content (AvgIpc) is 1.65. The molecule has 1 atom stereocenters. The summed E-state index contributed by atoms with van der Waals surface area (Å²) in [6.45, 7) is 6.48. The molecule has 0 fully saturated rings. The van der Waals surface area contributed by atoms with Gasteiger partial charge in [-0.2, -0.15) is 0 Å². The average molecular weight is 116 g/mol. The van der Waals surface area contributed by atoms with Crippen molar-refractivity contribution in [1.29, 1.82) is 0 Å². The van der Waals surface area contributed by atoms with E-state index in [0.29, 0.717) is 11.8 Å². The fourth-order valence-electron chi connectivity index (χ4n) is 0.157. The van der Waals surface area contributed by atoms with Crippen LogP contribution in [-0.2, 0) is 0 Å². The van der Waals surface area contributed by atoms with Crippen LogP contribution in [0.1, 0.15) is 20.8 Å². The Morgan fingerprint density at radius 2 is 1.71 bits per heavy atom. The van der Waals surface area contributed by atoms with Crippen molar-refractivity contribution in [3.8, 4) is 0 Å². The maximum absolute atomic E-state index is 4.73. The third kappa shape index (κ3) is 2.75. The molecular formula is C6H12S. The molecule has 42 valence electrons. The fraction of sp³-hybridized carbons (Fsp3) is 0.833. The third-order valence-corrected chi connectivity index (χ3v) is 1.70. The lowest BCUT2D eigenvalue weighted by Gasteiger charge is -2.06. The van der Waals surface area contributed by atoms with E-state index < -0.39 is 0 Å². The van der Waals surface area contributed by atoms with Gasteiger partial charge in [0.15, 0.2) is 0 Å². The van der Waals surface area contributed by atoms with Crippen LogP contribution in [0.4, 0.5) is 0 Å². The van der Waals surface area contributed by atoms with Crippen LogP contribution < -0.4 is 0 Å². The molecule has 0 aliphatic carbocycles. The second-order valence-corrected chi connectivity index (χ2v) is 2.51. The van der Waals surface area contributed by atoms with Crippen LogP contribution >= 0.6 is 12.2 Å². The van der Waals surface area contributed by atoms with Gasteiger partial charge in [-0.05, 0) is 17.2 Å². The Kier molecular flexibility index (Phi) is 3.18. The largest absolute Gasteiger partial charge is 0.0932 e. The van der Waals surface area contributed by atoms with E-state index in [0.717, 1.165) is 0 Å². The van der Waals surface area contributed by atoms with Crippen LogP contribution in [0.3, 0.4) is 0 Å². The normalized spacial score (nSPS) is 14.3. The first-order valence-corrected chi connectivity index (χ1v) is 3.11. The van der Waals surface area contributed by atoms with Crippen molar-refractivity contribution in [3.05, 3.63) is 0 Å². The predicted molar refractivity (Wildman–Crippen MR) is 37.7 cm³/mol. The first kappa shape index (κ1) is 7.09. The molecule has 0 nitrogen and oxygen atoms in total. The summed E-state index contributed by atoms with van der Waals surface area (Å²) in [5.74, 6) is 1.30. The summed E-state index contributed by atoms with van der Waals surface area (Å²) in [7, 11) is 0. The lowest BCUT2D eigenvalue weighted by molar-refractivity contribution is 0.545. The first-order valence-electron chi connectivity index (χ1n) is 2.63. The molecule has 0 N–H and O–H groups in total. The molecule has 0 aromatic rings. The SMILES string of the molecule is CC(C)C(C)C=S. The summed E-state index contributed by atoms with van der Waals surface area (Å²) in [5, 5.41) is 1.82. The molecule has 0 radical (unpaired) electrons. The van der Waals surface area contributed by atoms with Gasteiger partial charge in [0.05, 0.1) is 0 Å². The Labute approximate surface area is 50.9 Å². The van der Waals surface area contributed by atoms with Gasteiger partial charge in [0, 0.05) is 0 Å². The molecule has 0 rings (SSSR count). The van der Waals surface area contributed by atoms with Crippen molar-refractivity contribution in [2.24, 2.45) is 11.8 Å². The Bertz CT molecular complexity index is 57.2. The molecule has 0 aromatic carbocycles. The highest BCUT2D eigenvalue weighted by Crippen LogP contribution is 2.05. The summed E-state index contributed by atoms with van der Waals surface area (Å²) in [4.78, 5) is 0. The molecule has 0 spiro atoms. The molecule has 0 bridgehead atoms. The van der Waals surface area contributed by atoms with E-state index in [9.17, 15) is 0 Å². The fourth-order valence-corrected chi connectivity index (χ4v) is 0.471. The van der Waals surface area contributed by atoms with Gasteiger partial charge < -0.3 is 0 Å². The zero-order valence-electron chi connectivity index (χ0n) is 5.14. The van der Waals surface area contributed by atoms with Crippen LogP contribution in [0.2, 0.25) is 0 Å². The van der Waals surface area contributed by atoms with Crippen molar-refractivity contribution < 1.29 is 0 Å². The summed E-state index contributed by atoms with van der Waals surface area (Å²) in [6, 6.07) is 0. The molecule has 0 aromatic heterocycles. The maximum atomic E-state index is 4.73. The number of thiocarbonyl (C=S) groups is 1. The molecule has 0 saturated carbocycles. The Balaban J connectivity index is 3.33. The van der Waals surface area contributed by atoms with Gasteiger partial charge in [0.1, 0.15) is 0 Å². The standard InChI is InChI=1S/C6H12S/c1-5(2)6(3)4-7/h4-6H,1-3H3. The van der Waals surface area contributed by atoms with Gasteiger partial charge in [-0.3, -0.25) is 0 Å². The second kappa shape index (κ2) is 3.14. The van der Waals surface area contributed by atoms with Crippen LogP contribution in [0, 0.1) is 11.8 Å². The number of hydrogen-bond donors (Lipinski definition) is 0. The van der Waals surface area contributed by atoms with Crippen molar-refractivity contribution >= 4 is 17.6 Å². The van der Waals surface area contributed by atoms with E-state index in [1.807, 2.05) is 5.37 Å². The molecule has 0 amide bonds. The van der Waals surface area contributed by atoms with Crippen LogP contribution in [0.25, 0.3) is 0 Å². The summed E-state index contributed by atoms with van der Waals surface area (Å²) >= 11 is 4.73. The smallest absolute Gasteiger partial charge is 0.0134 e. The van der Waals surface area contributed by atoms with E-state index in [1.165, 1.54) is 0 Å². The van der Waals surface area contributed by atoms with Crippen molar-refractivity contribution in [2.45, 2.75) is 20.8 Å². The van der Waals surface area contributed by atoms with Gasteiger partial charge in [-0.25, -0.2) is 0 Å². The molecule has 0 saturated heterocycles. The molecule has 0 aliphatic rings. The lowest BCUT2D eigenvalue weighted by Crippen LogP contribution is -2.02. The highest BCUT2D eigenvalue weighted by molar-refractivity contribution is 7.79. The summed E-state index contributed by atoms with van der Waals surface area (Å²) in [6.07, 6.45) is 0. The zero-order chi connectivity index (χ0) is 5.86.